The second kappa shape index (κ2) is 4.42. The highest BCUT2D eigenvalue weighted by molar-refractivity contribution is 5.99. The molecule has 0 spiro atoms. The van der Waals surface area contributed by atoms with Crippen LogP contribution in [-0.2, 0) is 0 Å². The summed E-state index contributed by atoms with van der Waals surface area (Å²) >= 11 is 0. The van der Waals surface area contributed by atoms with Crippen LogP contribution < -0.4 is 0 Å². The topological polar surface area (TPSA) is 32.6 Å². The predicted molar refractivity (Wildman–Crippen MR) is 73.2 cm³/mol. The van der Waals surface area contributed by atoms with Gasteiger partial charge >= 0.3 is 0 Å². The van der Waals surface area contributed by atoms with Crippen molar-refractivity contribution < 1.29 is 5.11 Å². The van der Waals surface area contributed by atoms with Crippen molar-refractivity contribution in [3.05, 3.63) is 48.6 Å². The van der Waals surface area contributed by atoms with Gasteiger partial charge in [0.25, 0.3) is 0 Å². The number of hydrogen-bond acceptors (Lipinski definition) is 2. The maximum absolute atomic E-state index is 9.38. The third-order valence-electron chi connectivity index (χ3n) is 2.72. The number of allylic oxidation sites excluding steroid dienone is 1. The third kappa shape index (κ3) is 2.53. The molecule has 0 aliphatic carbocycles. The Labute approximate surface area is 101 Å². The van der Waals surface area contributed by atoms with Crippen molar-refractivity contribution in [2.75, 3.05) is 0 Å². The smallest absolute Gasteiger partial charge is 0.116 e. The van der Waals surface area contributed by atoms with E-state index in [1.165, 1.54) is 0 Å². The predicted octanol–water partition coefficient (Wildman–Crippen LogP) is 4.21. The van der Waals surface area contributed by atoms with Crippen molar-refractivity contribution >= 4 is 22.2 Å². The molecular weight excluding hydrogens is 210 g/mol. The van der Waals surface area contributed by atoms with Crippen molar-refractivity contribution in [2.24, 2.45) is 4.99 Å². The first-order chi connectivity index (χ1) is 8.06. The van der Waals surface area contributed by atoms with Crippen molar-refractivity contribution in [3.8, 4) is 5.75 Å². The first-order valence-electron chi connectivity index (χ1n) is 5.50. The summed E-state index contributed by atoms with van der Waals surface area (Å²) in [6.07, 6.45) is 0. The Bertz CT molecular complexity index is 611. The van der Waals surface area contributed by atoms with E-state index in [0.29, 0.717) is 0 Å². The van der Waals surface area contributed by atoms with Gasteiger partial charge in [0.05, 0.1) is 5.69 Å². The van der Waals surface area contributed by atoms with E-state index in [-0.39, 0.29) is 5.75 Å². The summed E-state index contributed by atoms with van der Waals surface area (Å²) in [4.78, 5) is 4.49. The fraction of sp³-hybridized carbons (Fsp3) is 0.133. The molecule has 0 aromatic heterocycles. The van der Waals surface area contributed by atoms with Crippen molar-refractivity contribution in [1.82, 2.24) is 0 Å². The molecule has 0 unspecified atom stereocenters. The summed E-state index contributed by atoms with van der Waals surface area (Å²) in [6, 6.07) is 11.2. The minimum atomic E-state index is 0.284. The minimum absolute atomic E-state index is 0.284. The lowest BCUT2D eigenvalue weighted by Crippen LogP contribution is -1.89. The number of hydrogen-bond donors (Lipinski definition) is 1. The minimum Gasteiger partial charge on any atom is -0.508 e. The lowest BCUT2D eigenvalue weighted by molar-refractivity contribution is 0.476. The molecule has 86 valence electrons. The Balaban J connectivity index is 2.49. The lowest BCUT2D eigenvalue weighted by Gasteiger charge is -2.02. The van der Waals surface area contributed by atoms with Crippen LogP contribution in [0.1, 0.15) is 13.8 Å². The van der Waals surface area contributed by atoms with E-state index >= 15 is 0 Å². The first kappa shape index (κ1) is 11.4. The van der Waals surface area contributed by atoms with E-state index in [0.717, 1.165) is 27.7 Å². The summed E-state index contributed by atoms with van der Waals surface area (Å²) in [7, 11) is 0. The van der Waals surface area contributed by atoms with E-state index in [9.17, 15) is 5.11 Å². The van der Waals surface area contributed by atoms with Crippen molar-refractivity contribution in [3.63, 3.8) is 0 Å². The number of nitrogens with zero attached hydrogens (tertiary/aromatic N) is 1. The molecule has 0 saturated carbocycles. The fourth-order valence-corrected chi connectivity index (χ4v) is 1.58. The first-order valence-corrected chi connectivity index (χ1v) is 5.50. The summed E-state index contributed by atoms with van der Waals surface area (Å²) in [6.45, 7) is 7.75. The molecule has 2 rings (SSSR count). The van der Waals surface area contributed by atoms with Gasteiger partial charge in [-0.3, -0.25) is 4.99 Å². The van der Waals surface area contributed by atoms with Crippen LogP contribution in [0.4, 0.5) is 5.69 Å². The second-order valence-electron chi connectivity index (χ2n) is 4.19. The summed E-state index contributed by atoms with van der Waals surface area (Å²) < 4.78 is 0. The molecule has 17 heavy (non-hydrogen) atoms. The van der Waals surface area contributed by atoms with Crippen molar-refractivity contribution in [1.29, 1.82) is 0 Å². The SMILES string of the molecule is C=C(C)C(C)=Nc1ccc2cc(O)ccc2c1. The van der Waals surface area contributed by atoms with E-state index in [1.54, 1.807) is 12.1 Å². The maximum atomic E-state index is 9.38. The van der Waals surface area contributed by atoms with E-state index < -0.39 is 0 Å². The Morgan fingerprint density at radius 1 is 1.06 bits per heavy atom. The van der Waals surface area contributed by atoms with Crippen LogP contribution in [0, 0.1) is 0 Å². The zero-order chi connectivity index (χ0) is 12.4. The number of aliphatic imine (C=N–C) groups is 1. The molecule has 2 aromatic rings. The molecule has 0 atom stereocenters. The van der Waals surface area contributed by atoms with Gasteiger partial charge in [0, 0.05) is 5.71 Å². The molecule has 0 bridgehead atoms. The average molecular weight is 225 g/mol. The summed E-state index contributed by atoms with van der Waals surface area (Å²) in [5, 5.41) is 11.5. The van der Waals surface area contributed by atoms with Gasteiger partial charge in [-0.2, -0.15) is 0 Å². The van der Waals surface area contributed by atoms with Crippen molar-refractivity contribution in [2.45, 2.75) is 13.8 Å². The largest absolute Gasteiger partial charge is 0.508 e. The molecule has 2 aromatic carbocycles. The van der Waals surface area contributed by atoms with Gasteiger partial charge in [-0.15, -0.1) is 0 Å². The molecule has 0 fully saturated rings. The highest BCUT2D eigenvalue weighted by Gasteiger charge is 1.98. The Morgan fingerprint density at radius 2 is 1.71 bits per heavy atom. The van der Waals surface area contributed by atoms with Crippen LogP contribution in [0.5, 0.6) is 5.75 Å². The third-order valence-corrected chi connectivity index (χ3v) is 2.72. The van der Waals surface area contributed by atoms with Crippen LogP contribution in [-0.4, -0.2) is 10.8 Å². The van der Waals surface area contributed by atoms with Gasteiger partial charge in [-0.25, -0.2) is 0 Å². The average Bonchev–Trinajstić information content (AvgIpc) is 2.29. The Hall–Kier alpha value is -2.09. The van der Waals surface area contributed by atoms with Crippen LogP contribution in [0.2, 0.25) is 0 Å². The second-order valence-corrected chi connectivity index (χ2v) is 4.19. The molecule has 0 saturated heterocycles. The van der Waals surface area contributed by atoms with E-state index in [2.05, 4.69) is 11.6 Å². The van der Waals surface area contributed by atoms with E-state index in [4.69, 9.17) is 0 Å². The normalized spacial score (nSPS) is 11.8. The molecule has 2 nitrogen and oxygen atoms in total. The van der Waals surface area contributed by atoms with Gasteiger partial charge in [0.2, 0.25) is 0 Å². The number of phenolic OH excluding ortho intramolecular Hbond substituents is 1. The quantitative estimate of drug-likeness (QED) is 0.763. The zero-order valence-corrected chi connectivity index (χ0v) is 10.1. The van der Waals surface area contributed by atoms with Gasteiger partial charge in [0.1, 0.15) is 5.75 Å². The number of benzene rings is 2. The van der Waals surface area contributed by atoms with Crippen LogP contribution in [0.15, 0.2) is 53.5 Å². The molecule has 1 N–H and O–H groups in total. The van der Waals surface area contributed by atoms with Gasteiger partial charge in [-0.1, -0.05) is 18.7 Å². The molecule has 0 aliphatic heterocycles. The highest BCUT2D eigenvalue weighted by atomic mass is 16.3. The summed E-state index contributed by atoms with van der Waals surface area (Å²) in [5.41, 5.74) is 2.81. The Morgan fingerprint density at radius 3 is 2.41 bits per heavy atom. The zero-order valence-electron chi connectivity index (χ0n) is 10.1. The monoisotopic (exact) mass is 225 g/mol. The maximum Gasteiger partial charge on any atom is 0.116 e. The van der Waals surface area contributed by atoms with Crippen LogP contribution >= 0.6 is 0 Å². The molecule has 0 amide bonds. The number of rotatable bonds is 2. The number of fused-ring (bicyclic) bond motifs is 1. The lowest BCUT2D eigenvalue weighted by atomic mass is 10.1. The molecule has 0 radical (unpaired) electrons. The molecular formula is C15H15NO. The van der Waals surface area contributed by atoms with Crippen LogP contribution in [0.25, 0.3) is 10.8 Å². The van der Waals surface area contributed by atoms with E-state index in [1.807, 2.05) is 38.1 Å². The number of aromatic hydroxyl groups is 1. The molecule has 2 heteroatoms. The molecule has 0 aliphatic rings. The van der Waals surface area contributed by atoms with Crippen LogP contribution in [0.3, 0.4) is 0 Å². The molecule has 0 heterocycles. The fourth-order valence-electron chi connectivity index (χ4n) is 1.58. The highest BCUT2D eigenvalue weighted by Crippen LogP contribution is 2.24. The van der Waals surface area contributed by atoms with Gasteiger partial charge < -0.3 is 5.11 Å². The Kier molecular flexibility index (Phi) is 2.96. The summed E-state index contributed by atoms with van der Waals surface area (Å²) in [5.74, 6) is 0.284. The van der Waals surface area contributed by atoms with Gasteiger partial charge in [0.15, 0.2) is 0 Å². The standard InChI is InChI=1S/C15H15NO/c1-10(2)11(3)16-14-6-4-13-9-15(17)7-5-12(13)8-14/h4-9,17H,1H2,2-3H3. The number of phenols is 1. The van der Waals surface area contributed by atoms with Gasteiger partial charge in [-0.05, 0) is 54.5 Å².